The van der Waals surface area contributed by atoms with E-state index in [1.54, 1.807) is 11.8 Å². The SMILES string of the molecule is CCc1nnsc1C(=O)N(CC)C(C)CC(=O)O. The number of carboxylic acid groups (broad SMARTS) is 1. The maximum Gasteiger partial charge on any atom is 0.305 e. The Morgan fingerprint density at radius 3 is 2.61 bits per heavy atom. The van der Waals surface area contributed by atoms with E-state index in [0.29, 0.717) is 23.5 Å². The van der Waals surface area contributed by atoms with E-state index in [9.17, 15) is 9.59 Å². The van der Waals surface area contributed by atoms with E-state index < -0.39 is 5.97 Å². The monoisotopic (exact) mass is 271 g/mol. The van der Waals surface area contributed by atoms with Gasteiger partial charge in [0, 0.05) is 12.6 Å². The van der Waals surface area contributed by atoms with Crippen molar-refractivity contribution in [2.75, 3.05) is 6.54 Å². The van der Waals surface area contributed by atoms with Gasteiger partial charge in [0.25, 0.3) is 5.91 Å². The number of rotatable bonds is 6. The van der Waals surface area contributed by atoms with Crippen molar-refractivity contribution in [1.82, 2.24) is 14.5 Å². The second-order valence-electron chi connectivity index (χ2n) is 3.94. The lowest BCUT2D eigenvalue weighted by Gasteiger charge is -2.26. The number of aryl methyl sites for hydroxylation is 1. The summed E-state index contributed by atoms with van der Waals surface area (Å²) in [5.74, 6) is -1.09. The molecule has 7 heteroatoms. The molecule has 0 aliphatic carbocycles. The Morgan fingerprint density at radius 2 is 2.11 bits per heavy atom. The van der Waals surface area contributed by atoms with Gasteiger partial charge in [0.15, 0.2) is 0 Å². The van der Waals surface area contributed by atoms with Gasteiger partial charge in [-0.25, -0.2) is 0 Å². The summed E-state index contributed by atoms with van der Waals surface area (Å²) in [6.45, 7) is 5.94. The molecular weight excluding hydrogens is 254 g/mol. The average molecular weight is 271 g/mol. The van der Waals surface area contributed by atoms with Crippen LogP contribution in [-0.2, 0) is 11.2 Å². The van der Waals surface area contributed by atoms with Gasteiger partial charge in [0.1, 0.15) is 4.88 Å². The van der Waals surface area contributed by atoms with Gasteiger partial charge < -0.3 is 10.0 Å². The highest BCUT2D eigenvalue weighted by atomic mass is 32.1. The fourth-order valence-electron chi connectivity index (χ4n) is 1.75. The predicted octanol–water partition coefficient (Wildman–Crippen LogP) is 1.43. The highest BCUT2D eigenvalue weighted by Gasteiger charge is 2.25. The van der Waals surface area contributed by atoms with Crippen LogP contribution in [-0.4, -0.2) is 44.1 Å². The van der Waals surface area contributed by atoms with Crippen molar-refractivity contribution in [3.8, 4) is 0 Å². The van der Waals surface area contributed by atoms with Crippen LogP contribution in [0.25, 0.3) is 0 Å². The number of carbonyl (C=O) groups excluding carboxylic acids is 1. The minimum absolute atomic E-state index is 0.0622. The number of nitrogens with zero attached hydrogens (tertiary/aromatic N) is 3. The molecular formula is C11H17N3O3S. The molecule has 0 spiro atoms. The third-order valence-corrected chi connectivity index (χ3v) is 3.44. The Morgan fingerprint density at radius 1 is 1.44 bits per heavy atom. The molecule has 0 saturated heterocycles. The summed E-state index contributed by atoms with van der Waals surface area (Å²) in [6, 6.07) is -0.341. The van der Waals surface area contributed by atoms with Crippen LogP contribution in [0.2, 0.25) is 0 Å². The Labute approximate surface area is 110 Å². The second kappa shape index (κ2) is 6.44. The zero-order chi connectivity index (χ0) is 13.7. The Bertz CT molecular complexity index is 433. The van der Waals surface area contributed by atoms with Gasteiger partial charge in [-0.15, -0.1) is 5.10 Å². The van der Waals surface area contributed by atoms with Gasteiger partial charge in [-0.05, 0) is 31.8 Å². The van der Waals surface area contributed by atoms with Gasteiger partial charge >= 0.3 is 5.97 Å². The Kier molecular flexibility index (Phi) is 5.21. The molecule has 0 aliphatic heterocycles. The molecule has 1 unspecified atom stereocenters. The van der Waals surface area contributed by atoms with E-state index in [0.717, 1.165) is 11.5 Å². The number of carbonyl (C=O) groups is 2. The molecule has 1 atom stereocenters. The van der Waals surface area contributed by atoms with Crippen LogP contribution in [0.4, 0.5) is 0 Å². The lowest BCUT2D eigenvalue weighted by atomic mass is 10.2. The standard InChI is InChI=1S/C11H17N3O3S/c1-4-8-10(18-13-12-8)11(17)14(5-2)7(3)6-9(15)16/h7H,4-6H2,1-3H3,(H,15,16). The summed E-state index contributed by atoms with van der Waals surface area (Å²) in [4.78, 5) is 25.1. The fraction of sp³-hybridized carbons (Fsp3) is 0.636. The lowest BCUT2D eigenvalue weighted by Crippen LogP contribution is -2.39. The zero-order valence-corrected chi connectivity index (χ0v) is 11.5. The number of carboxylic acids is 1. The van der Waals surface area contributed by atoms with E-state index >= 15 is 0 Å². The van der Waals surface area contributed by atoms with E-state index in [2.05, 4.69) is 9.59 Å². The van der Waals surface area contributed by atoms with Crippen molar-refractivity contribution >= 4 is 23.4 Å². The van der Waals surface area contributed by atoms with Crippen LogP contribution in [0.5, 0.6) is 0 Å². The zero-order valence-electron chi connectivity index (χ0n) is 10.7. The fourth-order valence-corrected chi connectivity index (χ4v) is 2.46. The second-order valence-corrected chi connectivity index (χ2v) is 4.69. The first-order chi connectivity index (χ1) is 8.51. The van der Waals surface area contributed by atoms with Crippen LogP contribution in [0.1, 0.15) is 42.6 Å². The van der Waals surface area contributed by atoms with Crippen molar-refractivity contribution in [2.24, 2.45) is 0 Å². The van der Waals surface area contributed by atoms with Gasteiger partial charge in [0.2, 0.25) is 0 Å². The summed E-state index contributed by atoms with van der Waals surface area (Å²) in [6.07, 6.45) is 0.579. The number of aromatic nitrogens is 2. The molecule has 0 aliphatic rings. The lowest BCUT2D eigenvalue weighted by molar-refractivity contribution is -0.138. The first kappa shape index (κ1) is 14.6. The summed E-state index contributed by atoms with van der Waals surface area (Å²) < 4.78 is 3.78. The normalized spacial score (nSPS) is 12.2. The largest absolute Gasteiger partial charge is 0.481 e. The minimum atomic E-state index is -0.910. The van der Waals surface area contributed by atoms with Gasteiger partial charge in [-0.1, -0.05) is 11.4 Å². The highest BCUT2D eigenvalue weighted by Crippen LogP contribution is 2.17. The van der Waals surface area contributed by atoms with Crippen molar-refractivity contribution in [2.45, 2.75) is 39.7 Å². The van der Waals surface area contributed by atoms with E-state index in [1.807, 2.05) is 13.8 Å². The van der Waals surface area contributed by atoms with Gasteiger partial charge in [-0.2, -0.15) is 0 Å². The Balaban J connectivity index is 2.88. The molecule has 0 fully saturated rings. The van der Waals surface area contributed by atoms with Crippen LogP contribution >= 0.6 is 11.5 Å². The highest BCUT2D eigenvalue weighted by molar-refractivity contribution is 7.08. The molecule has 1 heterocycles. The molecule has 0 bridgehead atoms. The molecule has 0 radical (unpaired) electrons. The molecule has 6 nitrogen and oxygen atoms in total. The topological polar surface area (TPSA) is 83.4 Å². The number of hydrogen-bond acceptors (Lipinski definition) is 5. The molecule has 0 aromatic carbocycles. The molecule has 1 aromatic heterocycles. The van der Waals surface area contributed by atoms with E-state index in [4.69, 9.17) is 5.11 Å². The van der Waals surface area contributed by atoms with Gasteiger partial charge in [0.05, 0.1) is 12.1 Å². The van der Waals surface area contributed by atoms with Crippen LogP contribution in [0, 0.1) is 0 Å². The molecule has 1 aromatic rings. The van der Waals surface area contributed by atoms with Crippen molar-refractivity contribution < 1.29 is 14.7 Å². The maximum absolute atomic E-state index is 12.3. The summed E-state index contributed by atoms with van der Waals surface area (Å²) in [5, 5.41) is 12.7. The molecule has 1 amide bonds. The predicted molar refractivity (Wildman–Crippen MR) is 67.7 cm³/mol. The van der Waals surface area contributed by atoms with Crippen LogP contribution in [0.3, 0.4) is 0 Å². The molecule has 1 N–H and O–H groups in total. The number of aliphatic carboxylic acids is 1. The number of hydrogen-bond donors (Lipinski definition) is 1. The third kappa shape index (κ3) is 3.25. The number of amides is 1. The molecule has 100 valence electrons. The minimum Gasteiger partial charge on any atom is -0.481 e. The van der Waals surface area contributed by atoms with Crippen molar-refractivity contribution in [1.29, 1.82) is 0 Å². The molecule has 0 saturated carbocycles. The molecule has 18 heavy (non-hydrogen) atoms. The van der Waals surface area contributed by atoms with E-state index in [1.165, 1.54) is 0 Å². The summed E-state index contributed by atoms with van der Waals surface area (Å²) >= 11 is 1.06. The third-order valence-electron chi connectivity index (χ3n) is 2.69. The van der Waals surface area contributed by atoms with Crippen LogP contribution in [0.15, 0.2) is 0 Å². The van der Waals surface area contributed by atoms with Crippen molar-refractivity contribution in [3.05, 3.63) is 10.6 Å². The molecule has 1 rings (SSSR count). The van der Waals surface area contributed by atoms with E-state index in [-0.39, 0.29) is 18.4 Å². The summed E-state index contributed by atoms with van der Waals surface area (Å²) in [7, 11) is 0. The summed E-state index contributed by atoms with van der Waals surface area (Å²) in [5.41, 5.74) is 0.672. The average Bonchev–Trinajstić information content (AvgIpc) is 2.76. The Hall–Kier alpha value is -1.50. The van der Waals surface area contributed by atoms with Crippen LogP contribution < -0.4 is 0 Å². The first-order valence-corrected chi connectivity index (χ1v) is 6.62. The first-order valence-electron chi connectivity index (χ1n) is 5.85. The van der Waals surface area contributed by atoms with Gasteiger partial charge in [-0.3, -0.25) is 9.59 Å². The quantitative estimate of drug-likeness (QED) is 0.846. The maximum atomic E-state index is 12.3. The van der Waals surface area contributed by atoms with Crippen molar-refractivity contribution in [3.63, 3.8) is 0 Å². The smallest absolute Gasteiger partial charge is 0.305 e.